The van der Waals surface area contributed by atoms with Gasteiger partial charge in [0, 0.05) is 19.2 Å². The summed E-state index contributed by atoms with van der Waals surface area (Å²) in [7, 11) is -1.21. The molecule has 0 bridgehead atoms. The predicted molar refractivity (Wildman–Crippen MR) is 83.6 cm³/mol. The molecule has 2 rings (SSSR count). The van der Waals surface area contributed by atoms with E-state index in [2.05, 4.69) is 0 Å². The van der Waals surface area contributed by atoms with Gasteiger partial charge in [0.2, 0.25) is 0 Å². The van der Waals surface area contributed by atoms with E-state index in [1.807, 2.05) is 4.90 Å². The van der Waals surface area contributed by atoms with E-state index < -0.39 is 15.8 Å². The minimum atomic E-state index is -3.00. The Morgan fingerprint density at radius 3 is 2.76 bits per heavy atom. The van der Waals surface area contributed by atoms with Gasteiger partial charge in [0.05, 0.1) is 22.2 Å². The molecular weight excluding hydrogens is 314 g/mol. The smallest absolute Gasteiger partial charge is 0.328 e. The van der Waals surface area contributed by atoms with Crippen molar-refractivity contribution < 1.29 is 18.3 Å². The first-order valence-corrected chi connectivity index (χ1v) is 8.63. The van der Waals surface area contributed by atoms with Gasteiger partial charge in [0.1, 0.15) is 0 Å². The number of rotatable bonds is 4. The van der Waals surface area contributed by atoms with Crippen molar-refractivity contribution in [3.63, 3.8) is 0 Å². The lowest BCUT2D eigenvalue weighted by molar-refractivity contribution is -0.131. The molecule has 0 radical (unpaired) electrons. The summed E-state index contributed by atoms with van der Waals surface area (Å²) in [6, 6.07) is 5.04. The molecule has 114 valence electrons. The van der Waals surface area contributed by atoms with Gasteiger partial charge in [-0.25, -0.2) is 13.2 Å². The highest BCUT2D eigenvalue weighted by molar-refractivity contribution is 7.91. The molecule has 0 amide bonds. The van der Waals surface area contributed by atoms with Crippen LogP contribution in [-0.2, 0) is 14.6 Å². The number of carboxylic acids is 1. The average Bonchev–Trinajstić information content (AvgIpc) is 2.76. The quantitative estimate of drug-likeness (QED) is 0.856. The number of hydrogen-bond donors (Lipinski definition) is 1. The maximum Gasteiger partial charge on any atom is 0.328 e. The fourth-order valence-corrected chi connectivity index (χ4v) is 4.55. The van der Waals surface area contributed by atoms with Crippen molar-refractivity contribution in [2.24, 2.45) is 0 Å². The van der Waals surface area contributed by atoms with E-state index in [4.69, 9.17) is 16.7 Å². The number of halogens is 1. The summed E-state index contributed by atoms with van der Waals surface area (Å²) in [6.07, 6.45) is 3.05. The molecule has 1 unspecified atom stereocenters. The Hall–Kier alpha value is -1.53. The maximum atomic E-state index is 11.6. The summed E-state index contributed by atoms with van der Waals surface area (Å²) in [4.78, 5) is 12.5. The number of nitrogens with zero attached hydrogens (tertiary/aromatic N) is 1. The summed E-state index contributed by atoms with van der Waals surface area (Å²) in [5.74, 6) is -0.782. The van der Waals surface area contributed by atoms with Gasteiger partial charge in [0.15, 0.2) is 9.84 Å². The largest absolute Gasteiger partial charge is 0.478 e. The molecule has 1 aromatic rings. The minimum absolute atomic E-state index is 0.0941. The van der Waals surface area contributed by atoms with Gasteiger partial charge in [-0.3, -0.25) is 0 Å². The zero-order valence-corrected chi connectivity index (χ0v) is 13.1. The third kappa shape index (κ3) is 3.77. The standard InChI is InChI=1S/C14H16ClNO4S/c1-16(11-7-8-21(19,20)9-11)14-10(5-6-13(17)18)3-2-4-12(14)15/h2-6,11H,7-9H2,1H3,(H,17,18)/b6-5+. The Morgan fingerprint density at radius 2 is 2.19 bits per heavy atom. The molecule has 1 aliphatic heterocycles. The van der Waals surface area contributed by atoms with Gasteiger partial charge in [0.25, 0.3) is 0 Å². The highest BCUT2D eigenvalue weighted by Gasteiger charge is 2.32. The van der Waals surface area contributed by atoms with Crippen molar-refractivity contribution in [2.75, 3.05) is 23.5 Å². The molecule has 1 saturated heterocycles. The van der Waals surface area contributed by atoms with Crippen LogP contribution in [0.4, 0.5) is 5.69 Å². The lowest BCUT2D eigenvalue weighted by Crippen LogP contribution is -2.33. The summed E-state index contributed by atoms with van der Waals surface area (Å²) in [6.45, 7) is 0. The Bertz CT molecular complexity index is 684. The summed E-state index contributed by atoms with van der Waals surface area (Å²) in [5.41, 5.74) is 1.30. The summed E-state index contributed by atoms with van der Waals surface area (Å²) >= 11 is 6.22. The van der Waals surface area contributed by atoms with Gasteiger partial charge in [-0.1, -0.05) is 23.7 Å². The second-order valence-corrected chi connectivity index (χ2v) is 7.65. The van der Waals surface area contributed by atoms with E-state index in [9.17, 15) is 13.2 Å². The number of hydrogen-bond acceptors (Lipinski definition) is 4. The molecule has 1 fully saturated rings. The van der Waals surface area contributed by atoms with Crippen LogP contribution in [-0.4, -0.2) is 44.1 Å². The third-order valence-electron chi connectivity index (χ3n) is 3.53. The van der Waals surface area contributed by atoms with Gasteiger partial charge in [-0.05, 0) is 24.1 Å². The van der Waals surface area contributed by atoms with E-state index >= 15 is 0 Å². The predicted octanol–water partition coefficient (Wildman–Crippen LogP) is 2.06. The molecule has 0 aliphatic carbocycles. The van der Waals surface area contributed by atoms with Crippen molar-refractivity contribution >= 4 is 39.2 Å². The van der Waals surface area contributed by atoms with Gasteiger partial charge in [-0.2, -0.15) is 0 Å². The zero-order valence-electron chi connectivity index (χ0n) is 11.5. The molecule has 1 aliphatic rings. The average molecular weight is 330 g/mol. The molecule has 0 spiro atoms. The SMILES string of the molecule is CN(c1c(Cl)cccc1/C=C/C(=O)O)C1CCS(=O)(=O)C1. The Kier molecular flexibility index (Phi) is 4.58. The highest BCUT2D eigenvalue weighted by atomic mass is 35.5. The third-order valence-corrected chi connectivity index (χ3v) is 5.59. The zero-order chi connectivity index (χ0) is 15.6. The Balaban J connectivity index is 2.36. The number of anilines is 1. The van der Waals surface area contributed by atoms with Crippen molar-refractivity contribution in [3.05, 3.63) is 34.9 Å². The van der Waals surface area contributed by atoms with E-state index in [0.717, 1.165) is 6.08 Å². The van der Waals surface area contributed by atoms with Crippen LogP contribution in [0.25, 0.3) is 6.08 Å². The lowest BCUT2D eigenvalue weighted by Gasteiger charge is -2.28. The van der Waals surface area contributed by atoms with Gasteiger partial charge < -0.3 is 10.0 Å². The first-order chi connectivity index (χ1) is 9.80. The van der Waals surface area contributed by atoms with Crippen molar-refractivity contribution in [1.29, 1.82) is 0 Å². The number of sulfone groups is 1. The van der Waals surface area contributed by atoms with Crippen LogP contribution >= 0.6 is 11.6 Å². The molecule has 5 nitrogen and oxygen atoms in total. The van der Waals surface area contributed by atoms with Crippen LogP contribution in [0.1, 0.15) is 12.0 Å². The van der Waals surface area contributed by atoms with Crippen molar-refractivity contribution in [2.45, 2.75) is 12.5 Å². The van der Waals surface area contributed by atoms with Crippen molar-refractivity contribution in [3.8, 4) is 0 Å². The number of carbonyl (C=O) groups is 1. The summed E-state index contributed by atoms with van der Waals surface area (Å²) < 4.78 is 23.2. The summed E-state index contributed by atoms with van der Waals surface area (Å²) in [5, 5.41) is 9.21. The van der Waals surface area contributed by atoms with E-state index in [1.54, 1.807) is 25.2 Å². The normalized spacial score (nSPS) is 20.8. The molecular formula is C14H16ClNO4S. The number of benzene rings is 1. The first-order valence-electron chi connectivity index (χ1n) is 6.43. The molecule has 21 heavy (non-hydrogen) atoms. The van der Waals surface area contributed by atoms with Crippen LogP contribution in [0.3, 0.4) is 0 Å². The molecule has 1 atom stereocenters. The number of para-hydroxylation sites is 1. The molecule has 0 saturated carbocycles. The Labute approximate surface area is 128 Å². The first kappa shape index (κ1) is 15.9. The van der Waals surface area contributed by atoms with Crippen LogP contribution in [0.5, 0.6) is 0 Å². The second-order valence-electron chi connectivity index (χ2n) is 5.02. The van der Waals surface area contributed by atoms with E-state index in [-0.39, 0.29) is 17.5 Å². The van der Waals surface area contributed by atoms with E-state index in [1.165, 1.54) is 6.08 Å². The monoisotopic (exact) mass is 329 g/mol. The second kappa shape index (κ2) is 6.07. The van der Waals surface area contributed by atoms with Crippen LogP contribution in [0.15, 0.2) is 24.3 Å². The van der Waals surface area contributed by atoms with E-state index in [0.29, 0.717) is 22.7 Å². The van der Waals surface area contributed by atoms with Crippen LogP contribution < -0.4 is 4.90 Å². The maximum absolute atomic E-state index is 11.6. The molecule has 1 aromatic carbocycles. The Morgan fingerprint density at radius 1 is 1.48 bits per heavy atom. The lowest BCUT2D eigenvalue weighted by atomic mass is 10.1. The van der Waals surface area contributed by atoms with Crippen LogP contribution in [0, 0.1) is 0 Å². The molecule has 1 N–H and O–H groups in total. The highest BCUT2D eigenvalue weighted by Crippen LogP contribution is 2.33. The number of aliphatic carboxylic acids is 1. The van der Waals surface area contributed by atoms with Crippen molar-refractivity contribution in [1.82, 2.24) is 0 Å². The number of carboxylic acid groups (broad SMARTS) is 1. The molecule has 7 heteroatoms. The minimum Gasteiger partial charge on any atom is -0.478 e. The fraction of sp³-hybridized carbons (Fsp3) is 0.357. The van der Waals surface area contributed by atoms with Gasteiger partial charge in [-0.15, -0.1) is 0 Å². The topological polar surface area (TPSA) is 74.7 Å². The van der Waals surface area contributed by atoms with Crippen LogP contribution in [0.2, 0.25) is 5.02 Å². The molecule has 1 heterocycles. The molecule has 0 aromatic heterocycles. The van der Waals surface area contributed by atoms with Gasteiger partial charge >= 0.3 is 5.97 Å². The fourth-order valence-electron chi connectivity index (χ4n) is 2.46.